The van der Waals surface area contributed by atoms with Gasteiger partial charge in [-0.25, -0.2) is 9.37 Å². The molecule has 0 spiro atoms. The van der Waals surface area contributed by atoms with Gasteiger partial charge in [0.15, 0.2) is 0 Å². The molecule has 1 aromatic heterocycles. The summed E-state index contributed by atoms with van der Waals surface area (Å²) in [5.74, 6) is -0.278. The van der Waals surface area contributed by atoms with E-state index < -0.39 is 5.54 Å². The van der Waals surface area contributed by atoms with E-state index in [1.54, 1.807) is 23.5 Å². The first kappa shape index (κ1) is 19.3. The second kappa shape index (κ2) is 7.62. The van der Waals surface area contributed by atoms with Crippen molar-refractivity contribution >= 4 is 29.7 Å². The lowest BCUT2D eigenvalue weighted by atomic mass is 9.94. The Morgan fingerprint density at radius 3 is 2.62 bits per heavy atom. The van der Waals surface area contributed by atoms with Crippen LogP contribution in [-0.4, -0.2) is 16.4 Å². The molecule has 1 amide bonds. The SMILES string of the molecule is Cl.NC1(C(=O)NC2CCCc3nc(-c4ccc(F)cc4)sc32)CCCC1. The molecule has 0 saturated heterocycles. The maximum Gasteiger partial charge on any atom is 0.240 e. The highest BCUT2D eigenvalue weighted by molar-refractivity contribution is 7.15. The molecule has 0 bridgehead atoms. The Morgan fingerprint density at radius 2 is 1.92 bits per heavy atom. The van der Waals surface area contributed by atoms with Gasteiger partial charge in [-0.05, 0) is 56.4 Å². The van der Waals surface area contributed by atoms with E-state index in [-0.39, 0.29) is 30.2 Å². The minimum Gasteiger partial charge on any atom is -0.347 e. The van der Waals surface area contributed by atoms with Gasteiger partial charge in [-0.15, -0.1) is 23.7 Å². The lowest BCUT2D eigenvalue weighted by Crippen LogP contribution is -2.52. The molecule has 3 N–H and O–H groups in total. The molecule has 1 unspecified atom stereocenters. The number of nitrogens with zero attached hydrogens (tertiary/aromatic N) is 1. The van der Waals surface area contributed by atoms with E-state index in [4.69, 9.17) is 10.7 Å². The first-order valence-electron chi connectivity index (χ1n) is 8.90. The Kier molecular flexibility index (Phi) is 5.65. The van der Waals surface area contributed by atoms with Gasteiger partial charge in [-0.1, -0.05) is 12.8 Å². The highest BCUT2D eigenvalue weighted by atomic mass is 35.5. The van der Waals surface area contributed by atoms with Crippen molar-refractivity contribution in [2.45, 2.75) is 56.5 Å². The first-order chi connectivity index (χ1) is 12.0. The normalized spacial score (nSPS) is 20.9. The minimum atomic E-state index is -0.706. The van der Waals surface area contributed by atoms with Crippen LogP contribution in [0.4, 0.5) is 4.39 Å². The number of halogens is 2. The van der Waals surface area contributed by atoms with Crippen molar-refractivity contribution in [1.82, 2.24) is 10.3 Å². The fourth-order valence-corrected chi connectivity index (χ4v) is 5.01. The molecule has 4 nitrogen and oxygen atoms in total. The van der Waals surface area contributed by atoms with E-state index in [0.717, 1.165) is 66.1 Å². The Hall–Kier alpha value is -1.50. The van der Waals surface area contributed by atoms with Gasteiger partial charge in [0.1, 0.15) is 10.8 Å². The number of hydrogen-bond donors (Lipinski definition) is 2. The van der Waals surface area contributed by atoms with Crippen LogP contribution in [0.5, 0.6) is 0 Å². The number of nitrogens with one attached hydrogen (secondary N) is 1. The average molecular weight is 396 g/mol. The number of carbonyl (C=O) groups excluding carboxylic acids is 1. The Balaban J connectivity index is 0.00000196. The summed E-state index contributed by atoms with van der Waals surface area (Å²) < 4.78 is 13.1. The number of hydrogen-bond acceptors (Lipinski definition) is 4. The number of nitrogens with two attached hydrogens (primary N) is 1. The van der Waals surface area contributed by atoms with E-state index in [9.17, 15) is 9.18 Å². The molecule has 0 aliphatic heterocycles. The van der Waals surface area contributed by atoms with Crippen molar-refractivity contribution in [1.29, 1.82) is 0 Å². The summed E-state index contributed by atoms with van der Waals surface area (Å²) in [6, 6.07) is 6.39. The van der Waals surface area contributed by atoms with Crippen LogP contribution in [-0.2, 0) is 11.2 Å². The predicted molar refractivity (Wildman–Crippen MR) is 104 cm³/mol. The molecular formula is C19H23ClFN3OS. The molecule has 140 valence electrons. The molecule has 2 aromatic rings. The third kappa shape index (κ3) is 3.63. The summed E-state index contributed by atoms with van der Waals surface area (Å²) in [6.45, 7) is 0. The van der Waals surface area contributed by atoms with Crippen molar-refractivity contribution in [3.05, 3.63) is 40.7 Å². The van der Waals surface area contributed by atoms with Gasteiger partial charge >= 0.3 is 0 Å². The van der Waals surface area contributed by atoms with Crippen molar-refractivity contribution in [3.8, 4) is 10.6 Å². The fourth-order valence-electron chi connectivity index (χ4n) is 3.81. The topological polar surface area (TPSA) is 68.0 Å². The van der Waals surface area contributed by atoms with Gasteiger partial charge in [0.05, 0.1) is 22.2 Å². The molecule has 1 atom stereocenters. The van der Waals surface area contributed by atoms with Crippen molar-refractivity contribution in [3.63, 3.8) is 0 Å². The number of aryl methyl sites for hydroxylation is 1. The van der Waals surface area contributed by atoms with Crippen LogP contribution in [0.1, 0.15) is 55.1 Å². The van der Waals surface area contributed by atoms with Gasteiger partial charge in [-0.2, -0.15) is 0 Å². The zero-order chi connectivity index (χ0) is 17.4. The molecule has 4 rings (SSSR count). The van der Waals surface area contributed by atoms with E-state index in [2.05, 4.69) is 5.32 Å². The summed E-state index contributed by atoms with van der Waals surface area (Å²) in [5.41, 5.74) is 7.55. The standard InChI is InChI=1S/C19H22FN3OS.ClH/c20-13-8-6-12(7-9-13)17-22-14-4-3-5-15(16(14)25-17)23-18(24)19(21)10-1-2-11-19;/h6-9,15H,1-5,10-11,21H2,(H,23,24);1H. The van der Waals surface area contributed by atoms with Gasteiger partial charge in [0.25, 0.3) is 0 Å². The Morgan fingerprint density at radius 1 is 1.23 bits per heavy atom. The summed E-state index contributed by atoms with van der Waals surface area (Å²) in [7, 11) is 0. The Bertz CT molecular complexity index is 787. The molecule has 7 heteroatoms. The molecule has 26 heavy (non-hydrogen) atoms. The van der Waals surface area contributed by atoms with Crippen LogP contribution < -0.4 is 11.1 Å². The summed E-state index contributed by atoms with van der Waals surface area (Å²) in [5, 5.41) is 4.06. The fraction of sp³-hybridized carbons (Fsp3) is 0.474. The molecular weight excluding hydrogens is 373 g/mol. The highest BCUT2D eigenvalue weighted by Crippen LogP contribution is 2.38. The van der Waals surface area contributed by atoms with Crippen molar-refractivity contribution < 1.29 is 9.18 Å². The number of rotatable bonds is 3. The average Bonchev–Trinajstić information content (AvgIpc) is 3.23. The number of benzene rings is 1. The summed E-state index contributed by atoms with van der Waals surface area (Å²) in [4.78, 5) is 18.5. The van der Waals surface area contributed by atoms with Crippen LogP contribution in [0, 0.1) is 5.82 Å². The second-order valence-electron chi connectivity index (χ2n) is 7.12. The minimum absolute atomic E-state index is 0. The largest absolute Gasteiger partial charge is 0.347 e. The van der Waals surface area contributed by atoms with Crippen LogP contribution in [0.2, 0.25) is 0 Å². The third-order valence-electron chi connectivity index (χ3n) is 5.29. The predicted octanol–water partition coefficient (Wildman–Crippen LogP) is 4.14. The zero-order valence-electron chi connectivity index (χ0n) is 14.5. The number of carbonyl (C=O) groups is 1. The first-order valence-corrected chi connectivity index (χ1v) is 9.72. The van der Waals surface area contributed by atoms with Crippen molar-refractivity contribution in [2.24, 2.45) is 5.73 Å². The quantitative estimate of drug-likeness (QED) is 0.820. The van der Waals surface area contributed by atoms with Gasteiger partial charge in [0, 0.05) is 5.56 Å². The maximum atomic E-state index is 13.1. The van der Waals surface area contributed by atoms with E-state index >= 15 is 0 Å². The van der Waals surface area contributed by atoms with Gasteiger partial charge in [0.2, 0.25) is 5.91 Å². The lowest BCUT2D eigenvalue weighted by Gasteiger charge is -2.28. The number of fused-ring (bicyclic) bond motifs is 1. The van der Waals surface area contributed by atoms with Crippen LogP contribution in [0.25, 0.3) is 10.6 Å². The van der Waals surface area contributed by atoms with Gasteiger partial charge < -0.3 is 11.1 Å². The third-order valence-corrected chi connectivity index (χ3v) is 6.56. The Labute approximate surface area is 162 Å². The highest BCUT2D eigenvalue weighted by Gasteiger charge is 2.39. The lowest BCUT2D eigenvalue weighted by molar-refractivity contribution is -0.127. The molecule has 1 saturated carbocycles. The number of thiazole rings is 1. The molecule has 1 fully saturated rings. The van der Waals surface area contributed by atoms with Crippen LogP contribution >= 0.6 is 23.7 Å². The molecule has 2 aliphatic carbocycles. The summed E-state index contributed by atoms with van der Waals surface area (Å²) in [6.07, 6.45) is 6.42. The van der Waals surface area contributed by atoms with E-state index in [0.29, 0.717) is 0 Å². The van der Waals surface area contributed by atoms with Crippen molar-refractivity contribution in [2.75, 3.05) is 0 Å². The summed E-state index contributed by atoms with van der Waals surface area (Å²) >= 11 is 1.60. The zero-order valence-corrected chi connectivity index (χ0v) is 16.1. The van der Waals surface area contributed by atoms with Crippen LogP contribution in [0.3, 0.4) is 0 Å². The van der Waals surface area contributed by atoms with E-state index in [1.807, 2.05) is 0 Å². The molecule has 0 radical (unpaired) electrons. The van der Waals surface area contributed by atoms with Crippen LogP contribution in [0.15, 0.2) is 24.3 Å². The number of aromatic nitrogens is 1. The molecule has 1 heterocycles. The molecule has 2 aliphatic rings. The second-order valence-corrected chi connectivity index (χ2v) is 8.15. The molecule has 1 aromatic carbocycles. The van der Waals surface area contributed by atoms with E-state index in [1.165, 1.54) is 12.1 Å². The number of amides is 1. The van der Waals surface area contributed by atoms with Gasteiger partial charge in [-0.3, -0.25) is 4.79 Å². The maximum absolute atomic E-state index is 13.1. The smallest absolute Gasteiger partial charge is 0.240 e. The monoisotopic (exact) mass is 395 g/mol.